The lowest BCUT2D eigenvalue weighted by Gasteiger charge is -2.18. The molecule has 25 heavy (non-hydrogen) atoms. The summed E-state index contributed by atoms with van der Waals surface area (Å²) in [5.41, 5.74) is 2.08. The predicted molar refractivity (Wildman–Crippen MR) is 95.7 cm³/mol. The third-order valence-corrected chi connectivity index (χ3v) is 3.64. The molecule has 0 aliphatic rings. The van der Waals surface area contributed by atoms with Crippen molar-refractivity contribution in [1.82, 2.24) is 4.90 Å². The van der Waals surface area contributed by atoms with Crippen LogP contribution in [0.4, 0.5) is 5.69 Å². The molecule has 132 valence electrons. The van der Waals surface area contributed by atoms with Crippen molar-refractivity contribution in [2.45, 2.75) is 6.54 Å². The van der Waals surface area contributed by atoms with Crippen LogP contribution < -0.4 is 10.1 Å². The fourth-order valence-electron chi connectivity index (χ4n) is 2.43. The van der Waals surface area contributed by atoms with E-state index in [4.69, 9.17) is 4.74 Å². The number of hydrogen-bond donors (Lipinski definition) is 1. The molecule has 1 amide bonds. The van der Waals surface area contributed by atoms with Crippen molar-refractivity contribution in [3.63, 3.8) is 0 Å². The zero-order valence-electron chi connectivity index (χ0n) is 14.6. The van der Waals surface area contributed by atoms with Gasteiger partial charge in [-0.05, 0) is 37.4 Å². The predicted octanol–water partition coefficient (Wildman–Crippen LogP) is 2.55. The molecule has 6 nitrogen and oxygen atoms in total. The Bertz CT molecular complexity index is 728. The molecule has 0 spiro atoms. The molecule has 0 unspecified atom stereocenters. The average molecular weight is 342 g/mol. The number of benzene rings is 2. The highest BCUT2D eigenvalue weighted by Gasteiger charge is 2.11. The van der Waals surface area contributed by atoms with Crippen molar-refractivity contribution >= 4 is 17.6 Å². The summed E-state index contributed by atoms with van der Waals surface area (Å²) in [6, 6.07) is 14.3. The molecule has 0 fully saturated rings. The summed E-state index contributed by atoms with van der Waals surface area (Å²) in [6.45, 7) is 0.829. The van der Waals surface area contributed by atoms with E-state index in [9.17, 15) is 9.59 Å². The quantitative estimate of drug-likeness (QED) is 0.783. The molecule has 0 saturated heterocycles. The summed E-state index contributed by atoms with van der Waals surface area (Å²) in [5.74, 6) is 0.255. The first kappa shape index (κ1) is 18.5. The largest absolute Gasteiger partial charge is 0.496 e. The van der Waals surface area contributed by atoms with Gasteiger partial charge in [-0.3, -0.25) is 9.69 Å². The molecule has 0 bridgehead atoms. The maximum Gasteiger partial charge on any atom is 0.337 e. The SMILES string of the molecule is COC(=O)c1ccc(NC(=O)CN(C)Cc2ccccc2OC)cc1. The van der Waals surface area contributed by atoms with Crippen molar-refractivity contribution in [3.05, 3.63) is 59.7 Å². The summed E-state index contributed by atoms with van der Waals surface area (Å²) in [6.07, 6.45) is 0. The number of methoxy groups -OCH3 is 2. The van der Waals surface area contributed by atoms with E-state index in [2.05, 4.69) is 10.1 Å². The molecular weight excluding hydrogens is 320 g/mol. The third kappa shape index (κ3) is 5.32. The molecule has 2 rings (SSSR count). The van der Waals surface area contributed by atoms with Gasteiger partial charge in [0, 0.05) is 17.8 Å². The number of anilines is 1. The van der Waals surface area contributed by atoms with Crippen molar-refractivity contribution in [3.8, 4) is 5.75 Å². The Morgan fingerprint density at radius 3 is 2.36 bits per heavy atom. The van der Waals surface area contributed by atoms with Crippen LogP contribution in [0.5, 0.6) is 5.75 Å². The molecule has 0 saturated carbocycles. The van der Waals surface area contributed by atoms with Gasteiger partial charge in [-0.25, -0.2) is 4.79 Å². The Morgan fingerprint density at radius 1 is 1.04 bits per heavy atom. The van der Waals surface area contributed by atoms with Gasteiger partial charge in [0.1, 0.15) is 5.75 Å². The number of amides is 1. The Labute approximate surface area is 147 Å². The maximum absolute atomic E-state index is 12.2. The van der Waals surface area contributed by atoms with Crippen LogP contribution in [0.25, 0.3) is 0 Å². The standard InChI is InChI=1S/C19H22N2O4/c1-21(12-15-6-4-5-7-17(15)24-2)13-18(22)20-16-10-8-14(9-11-16)19(23)25-3/h4-11H,12-13H2,1-3H3,(H,20,22). The van der Waals surface area contributed by atoms with E-state index < -0.39 is 5.97 Å². The Kier molecular flexibility index (Phi) is 6.54. The van der Waals surface area contributed by atoms with E-state index in [0.29, 0.717) is 17.8 Å². The van der Waals surface area contributed by atoms with E-state index in [0.717, 1.165) is 11.3 Å². The normalized spacial score (nSPS) is 10.4. The summed E-state index contributed by atoms with van der Waals surface area (Å²) >= 11 is 0. The molecule has 6 heteroatoms. The van der Waals surface area contributed by atoms with Gasteiger partial charge in [-0.15, -0.1) is 0 Å². The first-order chi connectivity index (χ1) is 12.0. The number of hydrogen-bond acceptors (Lipinski definition) is 5. The van der Waals surface area contributed by atoms with Gasteiger partial charge in [0.05, 0.1) is 26.3 Å². The van der Waals surface area contributed by atoms with Gasteiger partial charge in [-0.2, -0.15) is 0 Å². The Morgan fingerprint density at radius 2 is 1.72 bits per heavy atom. The van der Waals surface area contributed by atoms with Crippen LogP contribution in [0.2, 0.25) is 0 Å². The highest BCUT2D eigenvalue weighted by Crippen LogP contribution is 2.18. The minimum absolute atomic E-state index is 0.136. The monoisotopic (exact) mass is 342 g/mol. The van der Waals surface area contributed by atoms with Gasteiger partial charge in [-0.1, -0.05) is 18.2 Å². The lowest BCUT2D eigenvalue weighted by Crippen LogP contribution is -2.30. The van der Waals surface area contributed by atoms with Crippen LogP contribution in [0.3, 0.4) is 0 Å². The summed E-state index contributed by atoms with van der Waals surface area (Å²) in [7, 11) is 4.82. The molecule has 2 aromatic rings. The second-order valence-electron chi connectivity index (χ2n) is 5.60. The number of carbonyl (C=O) groups excluding carboxylic acids is 2. The number of carbonyl (C=O) groups is 2. The number of ether oxygens (including phenoxy) is 2. The van der Waals surface area contributed by atoms with Crippen LogP contribution in [-0.4, -0.2) is 44.6 Å². The summed E-state index contributed by atoms with van der Waals surface area (Å²) < 4.78 is 9.96. The van der Waals surface area contributed by atoms with Crippen molar-refractivity contribution in [2.24, 2.45) is 0 Å². The first-order valence-electron chi connectivity index (χ1n) is 7.82. The zero-order chi connectivity index (χ0) is 18.2. The van der Waals surface area contributed by atoms with E-state index in [-0.39, 0.29) is 12.5 Å². The molecule has 0 aliphatic carbocycles. The highest BCUT2D eigenvalue weighted by atomic mass is 16.5. The third-order valence-electron chi connectivity index (χ3n) is 3.64. The van der Waals surface area contributed by atoms with Crippen LogP contribution >= 0.6 is 0 Å². The number of nitrogens with zero attached hydrogens (tertiary/aromatic N) is 1. The summed E-state index contributed by atoms with van der Waals surface area (Å²) in [5, 5.41) is 2.81. The Balaban J connectivity index is 1.90. The molecule has 2 aromatic carbocycles. The van der Waals surface area contributed by atoms with Crippen molar-refractivity contribution in [1.29, 1.82) is 0 Å². The van der Waals surface area contributed by atoms with Gasteiger partial charge >= 0.3 is 5.97 Å². The van der Waals surface area contributed by atoms with Crippen LogP contribution in [0.1, 0.15) is 15.9 Å². The number of nitrogens with one attached hydrogen (secondary N) is 1. The number of rotatable bonds is 7. The molecule has 0 heterocycles. The number of esters is 1. The smallest absolute Gasteiger partial charge is 0.337 e. The van der Waals surface area contributed by atoms with Crippen molar-refractivity contribution in [2.75, 3.05) is 33.1 Å². The number of para-hydroxylation sites is 1. The first-order valence-corrected chi connectivity index (χ1v) is 7.82. The second-order valence-corrected chi connectivity index (χ2v) is 5.60. The second kappa shape index (κ2) is 8.84. The summed E-state index contributed by atoms with van der Waals surface area (Å²) in [4.78, 5) is 25.5. The molecular formula is C19H22N2O4. The van der Waals surface area contributed by atoms with Crippen LogP contribution in [-0.2, 0) is 16.1 Å². The highest BCUT2D eigenvalue weighted by molar-refractivity contribution is 5.93. The topological polar surface area (TPSA) is 67.9 Å². The number of likely N-dealkylation sites (N-methyl/N-ethyl adjacent to an activating group) is 1. The minimum Gasteiger partial charge on any atom is -0.496 e. The average Bonchev–Trinajstić information content (AvgIpc) is 2.62. The molecule has 0 aliphatic heterocycles. The fraction of sp³-hybridized carbons (Fsp3) is 0.263. The lowest BCUT2D eigenvalue weighted by atomic mass is 10.2. The van der Waals surface area contributed by atoms with Gasteiger partial charge in [0.2, 0.25) is 5.91 Å². The van der Waals surface area contributed by atoms with Gasteiger partial charge in [0.15, 0.2) is 0 Å². The lowest BCUT2D eigenvalue weighted by molar-refractivity contribution is -0.117. The molecule has 0 aromatic heterocycles. The van der Waals surface area contributed by atoms with Gasteiger partial charge in [0.25, 0.3) is 0 Å². The van der Waals surface area contributed by atoms with E-state index in [1.54, 1.807) is 31.4 Å². The molecule has 1 N–H and O–H groups in total. The van der Waals surface area contributed by atoms with E-state index >= 15 is 0 Å². The maximum atomic E-state index is 12.2. The Hall–Kier alpha value is -2.86. The molecule has 0 radical (unpaired) electrons. The fourth-order valence-corrected chi connectivity index (χ4v) is 2.43. The minimum atomic E-state index is -0.408. The van der Waals surface area contributed by atoms with Crippen LogP contribution in [0, 0.1) is 0 Å². The van der Waals surface area contributed by atoms with E-state index in [1.807, 2.05) is 36.2 Å². The van der Waals surface area contributed by atoms with Crippen LogP contribution in [0.15, 0.2) is 48.5 Å². The van der Waals surface area contributed by atoms with Gasteiger partial charge < -0.3 is 14.8 Å². The van der Waals surface area contributed by atoms with E-state index in [1.165, 1.54) is 7.11 Å². The zero-order valence-corrected chi connectivity index (χ0v) is 14.6. The van der Waals surface area contributed by atoms with Crippen molar-refractivity contribution < 1.29 is 19.1 Å². The molecule has 0 atom stereocenters.